The molecule has 6 heteroatoms. The molecular weight excluding hydrogens is 336 g/mol. The summed E-state index contributed by atoms with van der Waals surface area (Å²) in [4.78, 5) is 17.2. The van der Waals surface area contributed by atoms with Crippen molar-refractivity contribution in [2.45, 2.75) is 31.7 Å². The Morgan fingerprint density at radius 1 is 1.16 bits per heavy atom. The summed E-state index contributed by atoms with van der Waals surface area (Å²) < 4.78 is 0. The maximum atomic E-state index is 12.3. The summed E-state index contributed by atoms with van der Waals surface area (Å²) in [6.07, 6.45) is 4.84. The van der Waals surface area contributed by atoms with Gasteiger partial charge in [0.1, 0.15) is 0 Å². The SMILES string of the molecule is Cl.O=C(CN1CCN(C2CCNC2)CC1)Nc1ccc2c(c1)CCC2. The molecule has 1 atom stereocenters. The minimum Gasteiger partial charge on any atom is -0.325 e. The molecule has 138 valence electrons. The van der Waals surface area contributed by atoms with Crippen molar-refractivity contribution >= 4 is 24.0 Å². The number of anilines is 1. The van der Waals surface area contributed by atoms with Crippen LogP contribution in [0.15, 0.2) is 18.2 Å². The van der Waals surface area contributed by atoms with Crippen LogP contribution in [0.2, 0.25) is 0 Å². The lowest BCUT2D eigenvalue weighted by Crippen LogP contribution is -2.52. The van der Waals surface area contributed by atoms with Gasteiger partial charge in [0.15, 0.2) is 0 Å². The van der Waals surface area contributed by atoms with Crippen molar-refractivity contribution in [2.75, 3.05) is 51.1 Å². The zero-order valence-corrected chi connectivity index (χ0v) is 15.6. The van der Waals surface area contributed by atoms with Crippen molar-refractivity contribution < 1.29 is 4.79 Å². The first-order valence-corrected chi connectivity index (χ1v) is 9.37. The number of carbonyl (C=O) groups is 1. The normalized spacial score (nSPS) is 23.9. The first-order chi connectivity index (χ1) is 11.8. The number of carbonyl (C=O) groups excluding carboxylic acids is 1. The second kappa shape index (κ2) is 8.49. The Morgan fingerprint density at radius 2 is 1.96 bits per heavy atom. The van der Waals surface area contributed by atoms with Crippen molar-refractivity contribution in [1.82, 2.24) is 15.1 Å². The Balaban J connectivity index is 0.00000182. The fraction of sp³-hybridized carbons (Fsp3) is 0.632. The summed E-state index contributed by atoms with van der Waals surface area (Å²) in [5, 5.41) is 6.52. The number of benzene rings is 1. The lowest BCUT2D eigenvalue weighted by atomic mass is 10.1. The monoisotopic (exact) mass is 364 g/mol. The number of fused-ring (bicyclic) bond motifs is 1. The van der Waals surface area contributed by atoms with Crippen LogP contribution in [-0.2, 0) is 17.6 Å². The molecule has 2 fully saturated rings. The fourth-order valence-electron chi connectivity index (χ4n) is 4.29. The van der Waals surface area contributed by atoms with Crippen molar-refractivity contribution in [1.29, 1.82) is 0 Å². The predicted molar refractivity (Wildman–Crippen MR) is 104 cm³/mol. The van der Waals surface area contributed by atoms with Crippen LogP contribution in [0.4, 0.5) is 5.69 Å². The summed E-state index contributed by atoms with van der Waals surface area (Å²) in [5.41, 5.74) is 3.81. The molecule has 2 N–H and O–H groups in total. The molecule has 25 heavy (non-hydrogen) atoms. The van der Waals surface area contributed by atoms with Gasteiger partial charge in [-0.2, -0.15) is 0 Å². The Bertz CT molecular complexity index is 595. The summed E-state index contributed by atoms with van der Waals surface area (Å²) in [7, 11) is 0. The molecule has 2 aliphatic heterocycles. The van der Waals surface area contributed by atoms with Crippen LogP contribution in [-0.4, -0.2) is 67.6 Å². The van der Waals surface area contributed by atoms with E-state index >= 15 is 0 Å². The molecule has 2 saturated heterocycles. The van der Waals surface area contributed by atoms with E-state index in [-0.39, 0.29) is 18.3 Å². The highest BCUT2D eigenvalue weighted by Crippen LogP contribution is 2.24. The van der Waals surface area contributed by atoms with Gasteiger partial charge in [0.05, 0.1) is 6.54 Å². The Kier molecular flexibility index (Phi) is 6.34. The highest BCUT2D eigenvalue weighted by molar-refractivity contribution is 5.92. The second-order valence-electron chi connectivity index (χ2n) is 7.34. The van der Waals surface area contributed by atoms with Gasteiger partial charge in [0.2, 0.25) is 5.91 Å². The number of halogens is 1. The first kappa shape index (κ1) is 18.6. The maximum Gasteiger partial charge on any atom is 0.238 e. The molecule has 1 aliphatic carbocycles. The number of aryl methyl sites for hydroxylation is 2. The van der Waals surface area contributed by atoms with Crippen LogP contribution >= 0.6 is 12.4 Å². The van der Waals surface area contributed by atoms with Crippen LogP contribution in [0.5, 0.6) is 0 Å². The lowest BCUT2D eigenvalue weighted by Gasteiger charge is -2.37. The predicted octanol–water partition coefficient (Wildman–Crippen LogP) is 1.52. The van der Waals surface area contributed by atoms with Gasteiger partial charge >= 0.3 is 0 Å². The number of nitrogens with zero attached hydrogens (tertiary/aromatic N) is 2. The smallest absolute Gasteiger partial charge is 0.238 e. The van der Waals surface area contributed by atoms with E-state index in [1.54, 1.807) is 0 Å². The third-order valence-electron chi connectivity index (χ3n) is 5.71. The Hall–Kier alpha value is -1.14. The quantitative estimate of drug-likeness (QED) is 0.850. The average Bonchev–Trinajstić information content (AvgIpc) is 3.26. The van der Waals surface area contributed by atoms with E-state index in [0.29, 0.717) is 12.6 Å². The third kappa shape index (κ3) is 4.53. The van der Waals surface area contributed by atoms with Crippen LogP contribution in [0.3, 0.4) is 0 Å². The molecule has 1 unspecified atom stereocenters. The van der Waals surface area contributed by atoms with Crippen molar-refractivity contribution in [3.8, 4) is 0 Å². The first-order valence-electron chi connectivity index (χ1n) is 9.37. The highest BCUT2D eigenvalue weighted by Gasteiger charge is 2.26. The van der Waals surface area contributed by atoms with E-state index < -0.39 is 0 Å². The van der Waals surface area contributed by atoms with E-state index in [4.69, 9.17) is 0 Å². The van der Waals surface area contributed by atoms with Gasteiger partial charge in [0.25, 0.3) is 0 Å². The number of hydrogen-bond acceptors (Lipinski definition) is 4. The van der Waals surface area contributed by atoms with Gasteiger partial charge in [-0.15, -0.1) is 12.4 Å². The zero-order valence-electron chi connectivity index (χ0n) is 14.8. The van der Waals surface area contributed by atoms with Gasteiger partial charge < -0.3 is 10.6 Å². The van der Waals surface area contributed by atoms with Crippen molar-refractivity contribution in [2.24, 2.45) is 0 Å². The van der Waals surface area contributed by atoms with Crippen molar-refractivity contribution in [3.05, 3.63) is 29.3 Å². The van der Waals surface area contributed by atoms with E-state index in [9.17, 15) is 4.79 Å². The Morgan fingerprint density at radius 3 is 2.72 bits per heavy atom. The number of piperazine rings is 1. The molecule has 0 radical (unpaired) electrons. The number of hydrogen-bond donors (Lipinski definition) is 2. The summed E-state index contributed by atoms with van der Waals surface area (Å²) in [5.74, 6) is 0.115. The molecular formula is C19H29ClN4O. The minimum absolute atomic E-state index is 0. The van der Waals surface area contributed by atoms with Gasteiger partial charge in [-0.1, -0.05) is 6.07 Å². The standard InChI is InChI=1S/C19H28N4O.ClH/c24-19(21-17-5-4-15-2-1-3-16(15)12-17)14-22-8-10-23(11-9-22)18-6-7-20-13-18;/h4-5,12,18,20H,1-3,6-11,13-14H2,(H,21,24);1H. The molecule has 1 aromatic rings. The number of rotatable bonds is 4. The number of nitrogens with one attached hydrogen (secondary N) is 2. The van der Waals surface area contributed by atoms with E-state index in [1.165, 1.54) is 30.4 Å². The van der Waals surface area contributed by atoms with Crippen LogP contribution < -0.4 is 10.6 Å². The molecule has 3 aliphatic rings. The minimum atomic E-state index is 0. The number of amides is 1. The largest absolute Gasteiger partial charge is 0.325 e. The molecule has 0 aromatic heterocycles. The summed E-state index contributed by atoms with van der Waals surface area (Å²) >= 11 is 0. The molecule has 1 aromatic carbocycles. The topological polar surface area (TPSA) is 47.6 Å². The van der Waals surface area contributed by atoms with Crippen LogP contribution in [0.25, 0.3) is 0 Å². The molecule has 2 heterocycles. The molecule has 5 nitrogen and oxygen atoms in total. The Labute approximate surface area is 156 Å². The van der Waals surface area contributed by atoms with E-state index in [0.717, 1.165) is 51.4 Å². The lowest BCUT2D eigenvalue weighted by molar-refractivity contribution is -0.117. The van der Waals surface area contributed by atoms with Gasteiger partial charge in [-0.05, 0) is 55.5 Å². The fourth-order valence-corrected chi connectivity index (χ4v) is 4.29. The van der Waals surface area contributed by atoms with Crippen molar-refractivity contribution in [3.63, 3.8) is 0 Å². The molecule has 0 bridgehead atoms. The zero-order chi connectivity index (χ0) is 16.4. The second-order valence-corrected chi connectivity index (χ2v) is 7.34. The van der Waals surface area contributed by atoms with E-state index in [1.807, 2.05) is 6.07 Å². The van der Waals surface area contributed by atoms with Crippen LogP contribution in [0, 0.1) is 0 Å². The van der Waals surface area contributed by atoms with Gasteiger partial charge in [-0.25, -0.2) is 0 Å². The summed E-state index contributed by atoms with van der Waals surface area (Å²) in [6, 6.07) is 7.08. The molecule has 0 spiro atoms. The maximum absolute atomic E-state index is 12.3. The van der Waals surface area contributed by atoms with Crippen LogP contribution in [0.1, 0.15) is 24.0 Å². The van der Waals surface area contributed by atoms with Gasteiger partial charge in [-0.3, -0.25) is 14.6 Å². The van der Waals surface area contributed by atoms with E-state index in [2.05, 4.69) is 32.6 Å². The average molecular weight is 365 g/mol. The third-order valence-corrected chi connectivity index (χ3v) is 5.71. The highest BCUT2D eigenvalue weighted by atomic mass is 35.5. The molecule has 4 rings (SSSR count). The molecule has 0 saturated carbocycles. The summed E-state index contributed by atoms with van der Waals surface area (Å²) in [6.45, 7) is 6.93. The van der Waals surface area contributed by atoms with Gasteiger partial charge in [0, 0.05) is 44.5 Å². The molecule has 1 amide bonds.